The SMILES string of the molecule is [Se-][P+]1(OC2CCCCC2c2ccccc2)Oc2ccc3ccccc3c2-c2c(ccc3ccccc23)O1. The van der Waals surface area contributed by atoms with Crippen molar-refractivity contribution in [2.75, 3.05) is 0 Å². The van der Waals surface area contributed by atoms with Gasteiger partial charge < -0.3 is 0 Å². The van der Waals surface area contributed by atoms with E-state index in [0.717, 1.165) is 52.7 Å². The van der Waals surface area contributed by atoms with Gasteiger partial charge in [0.2, 0.25) is 0 Å². The summed E-state index contributed by atoms with van der Waals surface area (Å²) < 4.78 is 20.5. The number of rotatable bonds is 3. The molecule has 0 aromatic heterocycles. The van der Waals surface area contributed by atoms with Crippen molar-refractivity contribution in [2.45, 2.75) is 37.7 Å². The fraction of sp³-hybridized carbons (Fsp3) is 0.188. The first-order chi connectivity index (χ1) is 18.2. The molecular formula is C32H27O3PSe. The molecule has 184 valence electrons. The van der Waals surface area contributed by atoms with Crippen molar-refractivity contribution in [1.29, 1.82) is 0 Å². The summed E-state index contributed by atoms with van der Waals surface area (Å²) in [6.45, 7) is -2.88. The van der Waals surface area contributed by atoms with E-state index in [1.807, 2.05) is 0 Å². The van der Waals surface area contributed by atoms with Crippen LogP contribution in [-0.4, -0.2) is 21.7 Å². The molecule has 0 amide bonds. The molecule has 2 atom stereocenters. The van der Waals surface area contributed by atoms with E-state index < -0.39 is 6.63 Å². The predicted octanol–water partition coefficient (Wildman–Crippen LogP) is 9.02. The van der Waals surface area contributed by atoms with Crippen LogP contribution in [0.2, 0.25) is 0 Å². The Hall–Kier alpha value is -2.87. The van der Waals surface area contributed by atoms with Crippen LogP contribution in [-0.2, 0) is 4.52 Å². The van der Waals surface area contributed by atoms with Crippen LogP contribution in [0.1, 0.15) is 37.2 Å². The summed E-state index contributed by atoms with van der Waals surface area (Å²) in [4.78, 5) is 0. The monoisotopic (exact) mass is 570 g/mol. The summed E-state index contributed by atoms with van der Waals surface area (Å²) in [5.74, 6) is 1.92. The molecule has 7 rings (SSSR count). The fourth-order valence-electron chi connectivity index (χ4n) is 5.94. The van der Waals surface area contributed by atoms with Crippen LogP contribution < -0.4 is 9.05 Å². The van der Waals surface area contributed by atoms with Crippen LogP contribution in [0.25, 0.3) is 32.7 Å². The third-order valence-corrected chi connectivity index (χ3v) is 10.5. The standard InChI is InChI=1S/C32H27O3PSe/c37-36(33-28-17-9-8-14-25(28)22-10-2-1-3-11-22)34-29-20-18-23-12-4-6-15-26(23)31(29)32-27-16-7-5-13-24(27)19-21-30(32)35-36/h1-7,10-13,15-16,18-21,25,28H,8-9,14,17H2. The van der Waals surface area contributed by atoms with Crippen LogP contribution in [0.15, 0.2) is 103 Å². The molecule has 5 heteroatoms. The molecule has 1 fully saturated rings. The van der Waals surface area contributed by atoms with Crippen molar-refractivity contribution in [2.24, 2.45) is 0 Å². The van der Waals surface area contributed by atoms with Crippen molar-refractivity contribution < 1.29 is 13.6 Å². The van der Waals surface area contributed by atoms with Crippen molar-refractivity contribution in [3.8, 4) is 22.6 Å². The number of hydrogen-bond acceptors (Lipinski definition) is 3. The molecule has 1 aliphatic carbocycles. The van der Waals surface area contributed by atoms with E-state index in [4.69, 9.17) is 13.6 Å². The molecule has 37 heavy (non-hydrogen) atoms. The molecule has 5 aromatic rings. The van der Waals surface area contributed by atoms with Gasteiger partial charge in [0.15, 0.2) is 0 Å². The first-order valence-electron chi connectivity index (χ1n) is 12.9. The molecule has 3 nitrogen and oxygen atoms in total. The van der Waals surface area contributed by atoms with Crippen LogP contribution in [0, 0.1) is 0 Å². The van der Waals surface area contributed by atoms with Gasteiger partial charge in [-0.2, -0.15) is 0 Å². The summed E-state index contributed by atoms with van der Waals surface area (Å²) in [5.41, 5.74) is 3.45. The zero-order chi connectivity index (χ0) is 24.8. The molecule has 1 heterocycles. The molecule has 1 aliphatic heterocycles. The van der Waals surface area contributed by atoms with Gasteiger partial charge in [0, 0.05) is 0 Å². The molecule has 0 saturated heterocycles. The first-order valence-corrected chi connectivity index (χ1v) is 16.7. The Kier molecular flexibility index (Phi) is 5.95. The molecular weight excluding hydrogens is 542 g/mol. The van der Waals surface area contributed by atoms with Gasteiger partial charge in [0.1, 0.15) is 0 Å². The molecule has 0 radical (unpaired) electrons. The van der Waals surface area contributed by atoms with Gasteiger partial charge in [-0.15, -0.1) is 0 Å². The quantitative estimate of drug-likeness (QED) is 0.160. The summed E-state index contributed by atoms with van der Waals surface area (Å²) >= 11 is 3.27. The van der Waals surface area contributed by atoms with Crippen molar-refractivity contribution >= 4 is 43.7 Å². The van der Waals surface area contributed by atoms with Crippen LogP contribution in [0.4, 0.5) is 0 Å². The van der Waals surface area contributed by atoms with Gasteiger partial charge in [-0.1, -0.05) is 0 Å². The Morgan fingerprint density at radius 3 is 1.78 bits per heavy atom. The van der Waals surface area contributed by atoms with Gasteiger partial charge in [0.25, 0.3) is 0 Å². The molecule has 0 spiro atoms. The summed E-state index contributed by atoms with van der Waals surface area (Å²) in [6.07, 6.45) is 4.49. The van der Waals surface area contributed by atoms with E-state index in [9.17, 15) is 0 Å². The predicted molar refractivity (Wildman–Crippen MR) is 153 cm³/mol. The summed E-state index contributed by atoms with van der Waals surface area (Å²) in [5, 5.41) is 4.64. The maximum atomic E-state index is 6.92. The van der Waals surface area contributed by atoms with E-state index >= 15 is 0 Å². The Morgan fingerprint density at radius 1 is 0.622 bits per heavy atom. The number of benzene rings is 5. The fourth-order valence-corrected chi connectivity index (χ4v) is 9.14. The second-order valence-corrected chi connectivity index (χ2v) is 14.2. The van der Waals surface area contributed by atoms with Gasteiger partial charge in [0.05, 0.1) is 0 Å². The number of fused-ring (bicyclic) bond motifs is 7. The molecule has 1 saturated carbocycles. The first kappa shape index (κ1) is 23.3. The van der Waals surface area contributed by atoms with E-state index in [0.29, 0.717) is 5.92 Å². The molecule has 5 aromatic carbocycles. The normalized spacial score (nSPS) is 20.4. The third kappa shape index (κ3) is 4.23. The van der Waals surface area contributed by atoms with E-state index in [1.54, 1.807) is 0 Å². The van der Waals surface area contributed by atoms with Gasteiger partial charge in [-0.25, -0.2) is 0 Å². The Balaban J connectivity index is 1.38. The third-order valence-electron chi connectivity index (χ3n) is 7.65. The molecule has 0 bridgehead atoms. The van der Waals surface area contributed by atoms with E-state index in [1.165, 1.54) is 22.8 Å². The Morgan fingerprint density at radius 2 is 1.16 bits per heavy atom. The summed E-state index contributed by atoms with van der Waals surface area (Å²) in [6, 6.07) is 36.1. The minimum absolute atomic E-state index is 0.0247. The van der Waals surface area contributed by atoms with Gasteiger partial charge in [-0.05, 0) is 0 Å². The molecule has 2 aliphatic rings. The van der Waals surface area contributed by atoms with Gasteiger partial charge in [-0.3, -0.25) is 0 Å². The van der Waals surface area contributed by atoms with E-state index in [2.05, 4.69) is 119 Å². The Labute approximate surface area is 225 Å². The van der Waals surface area contributed by atoms with E-state index in [-0.39, 0.29) is 6.10 Å². The van der Waals surface area contributed by atoms with Crippen LogP contribution in [0.3, 0.4) is 0 Å². The van der Waals surface area contributed by atoms with Crippen LogP contribution in [0.5, 0.6) is 11.5 Å². The average molecular weight is 569 g/mol. The average Bonchev–Trinajstić information content (AvgIpc) is 3.07. The van der Waals surface area contributed by atoms with Crippen molar-refractivity contribution in [3.63, 3.8) is 0 Å². The van der Waals surface area contributed by atoms with Gasteiger partial charge >= 0.3 is 226 Å². The summed E-state index contributed by atoms with van der Waals surface area (Å²) in [7, 11) is 0. The zero-order valence-electron chi connectivity index (χ0n) is 20.4. The van der Waals surface area contributed by atoms with Crippen molar-refractivity contribution in [3.05, 3.63) is 109 Å². The van der Waals surface area contributed by atoms with Crippen molar-refractivity contribution in [1.82, 2.24) is 0 Å². The number of hydrogen-bond donors (Lipinski definition) is 0. The topological polar surface area (TPSA) is 27.7 Å². The van der Waals surface area contributed by atoms with Crippen LogP contribution >= 0.6 is 6.63 Å². The Bertz CT molecular complexity index is 1520. The second kappa shape index (κ2) is 9.46. The molecule has 2 unspecified atom stereocenters. The zero-order valence-corrected chi connectivity index (χ0v) is 23.0. The molecule has 0 N–H and O–H groups in total. The maximum absolute atomic E-state index is 6.92. The minimum atomic E-state index is -2.88. The second-order valence-electron chi connectivity index (χ2n) is 9.89.